The summed E-state index contributed by atoms with van der Waals surface area (Å²) in [6, 6.07) is 7.76. The number of allylic oxidation sites excluding steroid dienone is 2. The van der Waals surface area contributed by atoms with Crippen LogP contribution >= 0.6 is 0 Å². The molecular weight excluding hydrogens is 462 g/mol. The zero-order valence-corrected chi connectivity index (χ0v) is 21.0. The van der Waals surface area contributed by atoms with E-state index < -0.39 is 36.4 Å². The fourth-order valence-electron chi connectivity index (χ4n) is 4.64. The fourth-order valence-corrected chi connectivity index (χ4v) is 4.64. The minimum Gasteiger partial charge on any atom is -0.494 e. The van der Waals surface area contributed by atoms with Crippen LogP contribution in [0.4, 0.5) is 5.69 Å². The third-order valence-corrected chi connectivity index (χ3v) is 6.37. The van der Waals surface area contributed by atoms with Crippen molar-refractivity contribution in [2.75, 3.05) is 24.7 Å². The van der Waals surface area contributed by atoms with Gasteiger partial charge in [0.05, 0.1) is 30.9 Å². The molecule has 0 radical (unpaired) electrons. The Kier molecular flexibility index (Phi) is 9.23. The van der Waals surface area contributed by atoms with Gasteiger partial charge in [-0.1, -0.05) is 26.0 Å². The number of carbonyl (C=O) groups excluding carboxylic acids is 4. The maximum absolute atomic E-state index is 13.1. The van der Waals surface area contributed by atoms with Crippen molar-refractivity contribution in [1.82, 2.24) is 4.90 Å². The van der Waals surface area contributed by atoms with E-state index in [0.717, 1.165) is 4.90 Å². The van der Waals surface area contributed by atoms with Crippen LogP contribution in [0.5, 0.6) is 5.75 Å². The minimum atomic E-state index is -1.08. The molecule has 3 atom stereocenters. The summed E-state index contributed by atoms with van der Waals surface area (Å²) >= 11 is 0. The van der Waals surface area contributed by atoms with Gasteiger partial charge in [-0.15, -0.1) is 0 Å². The molecule has 0 N–H and O–H groups in total. The standard InChI is InChI=1S/C27H33N3O6/c1-4-35-20-12-10-19(11-13-20)29(15-7-14-28)24(31)17-36-27(34)23(16-18(2)3)30-25(32)21-8-5-6-9-22(21)26(30)33/h5-6,10-13,18,21-23H,4,7-9,15-17H2,1-3H3. The van der Waals surface area contributed by atoms with Gasteiger partial charge in [-0.3, -0.25) is 19.3 Å². The van der Waals surface area contributed by atoms with Gasteiger partial charge in [0, 0.05) is 12.2 Å². The molecule has 2 aliphatic rings. The van der Waals surface area contributed by atoms with E-state index in [9.17, 15) is 19.2 Å². The Morgan fingerprint density at radius 2 is 1.72 bits per heavy atom. The van der Waals surface area contributed by atoms with Gasteiger partial charge in [0.1, 0.15) is 11.8 Å². The van der Waals surface area contributed by atoms with Gasteiger partial charge in [0.15, 0.2) is 6.61 Å². The molecule has 1 aromatic carbocycles. The number of ether oxygens (including phenoxy) is 2. The van der Waals surface area contributed by atoms with Crippen molar-refractivity contribution in [2.24, 2.45) is 17.8 Å². The molecule has 0 bridgehead atoms. The topological polar surface area (TPSA) is 117 Å². The average molecular weight is 496 g/mol. The van der Waals surface area contributed by atoms with Crippen LogP contribution in [0, 0.1) is 29.1 Å². The Balaban J connectivity index is 1.72. The normalized spacial score (nSPS) is 19.6. The third kappa shape index (κ3) is 6.11. The zero-order valence-electron chi connectivity index (χ0n) is 21.0. The third-order valence-electron chi connectivity index (χ3n) is 6.37. The van der Waals surface area contributed by atoms with Crippen LogP contribution in [0.1, 0.15) is 46.5 Å². The predicted octanol–water partition coefficient (Wildman–Crippen LogP) is 3.24. The van der Waals surface area contributed by atoms with E-state index in [1.54, 1.807) is 24.3 Å². The average Bonchev–Trinajstić information content (AvgIpc) is 3.12. The summed E-state index contributed by atoms with van der Waals surface area (Å²) in [5.74, 6) is -2.24. The monoisotopic (exact) mass is 495 g/mol. The molecule has 0 saturated carbocycles. The molecule has 3 amide bonds. The first-order chi connectivity index (χ1) is 17.3. The van der Waals surface area contributed by atoms with Crippen molar-refractivity contribution >= 4 is 29.4 Å². The maximum Gasteiger partial charge on any atom is 0.329 e. The molecule has 1 aliphatic carbocycles. The Bertz CT molecular complexity index is 1020. The molecule has 0 aromatic heterocycles. The van der Waals surface area contributed by atoms with Crippen LogP contribution in [-0.2, 0) is 23.9 Å². The Labute approximate surface area is 211 Å². The van der Waals surface area contributed by atoms with E-state index in [0.29, 0.717) is 30.9 Å². The lowest BCUT2D eigenvalue weighted by molar-refractivity contribution is -0.160. The van der Waals surface area contributed by atoms with Crippen molar-refractivity contribution in [3.05, 3.63) is 36.4 Å². The van der Waals surface area contributed by atoms with Crippen LogP contribution in [0.2, 0.25) is 0 Å². The van der Waals surface area contributed by atoms with Crippen molar-refractivity contribution < 1.29 is 28.7 Å². The van der Waals surface area contributed by atoms with Crippen molar-refractivity contribution in [2.45, 2.75) is 52.5 Å². The summed E-state index contributed by atoms with van der Waals surface area (Å²) in [6.45, 7) is 5.70. The smallest absolute Gasteiger partial charge is 0.329 e. The molecule has 3 unspecified atom stereocenters. The predicted molar refractivity (Wildman–Crippen MR) is 132 cm³/mol. The summed E-state index contributed by atoms with van der Waals surface area (Å²) in [7, 11) is 0. The molecule has 1 aromatic rings. The first-order valence-corrected chi connectivity index (χ1v) is 12.4. The molecule has 9 heteroatoms. The van der Waals surface area contributed by atoms with Crippen LogP contribution in [-0.4, -0.2) is 54.4 Å². The lowest BCUT2D eigenvalue weighted by Gasteiger charge is -2.27. The second-order valence-electron chi connectivity index (χ2n) is 9.34. The fraction of sp³-hybridized carbons (Fsp3) is 0.519. The van der Waals surface area contributed by atoms with Crippen molar-refractivity contribution in [1.29, 1.82) is 5.26 Å². The highest BCUT2D eigenvalue weighted by molar-refractivity contribution is 6.08. The van der Waals surface area contributed by atoms with Gasteiger partial charge >= 0.3 is 5.97 Å². The second-order valence-corrected chi connectivity index (χ2v) is 9.34. The molecule has 3 rings (SSSR count). The van der Waals surface area contributed by atoms with Gasteiger partial charge in [-0.2, -0.15) is 5.26 Å². The number of carbonyl (C=O) groups is 4. The number of hydrogen-bond donors (Lipinski definition) is 0. The number of nitriles is 1. The summed E-state index contributed by atoms with van der Waals surface area (Å²) < 4.78 is 10.8. The number of likely N-dealkylation sites (tertiary alicyclic amines) is 1. The lowest BCUT2D eigenvalue weighted by Crippen LogP contribution is -2.48. The molecule has 1 fully saturated rings. The highest BCUT2D eigenvalue weighted by Crippen LogP contribution is 2.37. The highest BCUT2D eigenvalue weighted by Gasteiger charge is 2.51. The van der Waals surface area contributed by atoms with Crippen molar-refractivity contribution in [3.63, 3.8) is 0 Å². The van der Waals surface area contributed by atoms with Gasteiger partial charge < -0.3 is 14.4 Å². The van der Waals surface area contributed by atoms with E-state index >= 15 is 0 Å². The minimum absolute atomic E-state index is 0.00980. The van der Waals surface area contributed by atoms with E-state index in [-0.39, 0.29) is 37.1 Å². The van der Waals surface area contributed by atoms with Crippen LogP contribution in [0.3, 0.4) is 0 Å². The summed E-state index contributed by atoms with van der Waals surface area (Å²) in [6.07, 6.45) is 5.07. The number of imide groups is 1. The number of fused-ring (bicyclic) bond motifs is 1. The van der Waals surface area contributed by atoms with Crippen LogP contribution in [0.25, 0.3) is 0 Å². The number of benzene rings is 1. The number of esters is 1. The van der Waals surface area contributed by atoms with Crippen LogP contribution in [0.15, 0.2) is 36.4 Å². The van der Waals surface area contributed by atoms with Gasteiger partial charge in [-0.25, -0.2) is 4.79 Å². The van der Waals surface area contributed by atoms with E-state index in [1.165, 1.54) is 4.90 Å². The quantitative estimate of drug-likeness (QED) is 0.263. The second kappa shape index (κ2) is 12.3. The van der Waals surface area contributed by atoms with Crippen molar-refractivity contribution in [3.8, 4) is 11.8 Å². The van der Waals surface area contributed by atoms with Gasteiger partial charge in [-0.05, 0) is 56.4 Å². The molecule has 1 aliphatic heterocycles. The number of amides is 3. The molecule has 192 valence electrons. The first-order valence-electron chi connectivity index (χ1n) is 12.4. The number of nitrogens with zero attached hydrogens (tertiary/aromatic N) is 3. The molecule has 9 nitrogen and oxygen atoms in total. The molecule has 1 heterocycles. The maximum atomic E-state index is 13.1. The van der Waals surface area contributed by atoms with E-state index in [1.807, 2.05) is 39.0 Å². The largest absolute Gasteiger partial charge is 0.494 e. The van der Waals surface area contributed by atoms with E-state index in [2.05, 4.69) is 0 Å². The Morgan fingerprint density at radius 1 is 1.11 bits per heavy atom. The summed E-state index contributed by atoms with van der Waals surface area (Å²) in [5, 5.41) is 9.02. The molecule has 1 saturated heterocycles. The van der Waals surface area contributed by atoms with Gasteiger partial charge in [0.25, 0.3) is 5.91 Å². The number of anilines is 1. The first kappa shape index (κ1) is 26.9. The van der Waals surface area contributed by atoms with Gasteiger partial charge in [0.2, 0.25) is 11.8 Å². The van der Waals surface area contributed by atoms with Crippen LogP contribution < -0.4 is 9.64 Å². The summed E-state index contributed by atoms with van der Waals surface area (Å²) in [5.41, 5.74) is 0.537. The molecular formula is C27H33N3O6. The number of hydrogen-bond acceptors (Lipinski definition) is 7. The Morgan fingerprint density at radius 3 is 2.25 bits per heavy atom. The molecule has 36 heavy (non-hydrogen) atoms. The number of rotatable bonds is 11. The molecule has 0 spiro atoms. The lowest BCUT2D eigenvalue weighted by atomic mass is 9.85. The summed E-state index contributed by atoms with van der Waals surface area (Å²) in [4.78, 5) is 54.7. The van der Waals surface area contributed by atoms with E-state index in [4.69, 9.17) is 14.7 Å². The zero-order chi connectivity index (χ0) is 26.2. The SMILES string of the molecule is CCOc1ccc(N(CCC#N)C(=O)COC(=O)C(CC(C)C)N2C(=O)C3CC=CCC3C2=O)cc1. The Hall–Kier alpha value is -3.67. The highest BCUT2D eigenvalue weighted by atomic mass is 16.5.